The number of aromatic nitrogens is 3. The van der Waals surface area contributed by atoms with Crippen molar-refractivity contribution in [3.8, 4) is 17.0 Å². The molecular weight excluding hydrogens is 334 g/mol. The van der Waals surface area contributed by atoms with Crippen LogP contribution in [0.3, 0.4) is 0 Å². The third-order valence-electron chi connectivity index (χ3n) is 4.04. The highest BCUT2D eigenvalue weighted by Gasteiger charge is 2.15. The van der Waals surface area contributed by atoms with Gasteiger partial charge in [-0.1, -0.05) is 13.8 Å². The van der Waals surface area contributed by atoms with E-state index in [9.17, 15) is 9.59 Å². The zero-order valence-corrected chi connectivity index (χ0v) is 15.0. The predicted molar refractivity (Wildman–Crippen MR) is 97.6 cm³/mol. The smallest absolute Gasteiger partial charge is 0.341 e. The molecule has 3 aromatic rings. The van der Waals surface area contributed by atoms with E-state index in [0.29, 0.717) is 39.4 Å². The van der Waals surface area contributed by atoms with Gasteiger partial charge in [0.05, 0.1) is 25.3 Å². The molecule has 3 rings (SSSR count). The summed E-state index contributed by atoms with van der Waals surface area (Å²) in [5.74, 6) is 0.570. The Kier molecular flexibility index (Phi) is 4.71. The second-order valence-electron chi connectivity index (χ2n) is 6.08. The Hall–Kier alpha value is -3.22. The number of hydrogen-bond donors (Lipinski definition) is 1. The number of H-pyrrole nitrogens is 1. The summed E-state index contributed by atoms with van der Waals surface area (Å²) in [7, 11) is 2.80. The van der Waals surface area contributed by atoms with E-state index < -0.39 is 5.97 Å². The molecule has 1 aromatic carbocycles. The first-order valence-corrected chi connectivity index (χ1v) is 8.12. The Balaban J connectivity index is 2.16. The van der Waals surface area contributed by atoms with Gasteiger partial charge in [-0.05, 0) is 30.3 Å². The van der Waals surface area contributed by atoms with Crippen LogP contribution in [0.1, 0.15) is 35.9 Å². The number of nitrogens with one attached hydrogen (secondary N) is 1. The molecule has 0 aliphatic carbocycles. The maximum atomic E-state index is 12.2. The lowest BCUT2D eigenvalue weighted by Crippen LogP contribution is -2.13. The summed E-state index contributed by atoms with van der Waals surface area (Å²) in [6.07, 6.45) is 0. The van der Waals surface area contributed by atoms with Gasteiger partial charge >= 0.3 is 5.97 Å². The monoisotopic (exact) mass is 353 g/mol. The molecule has 0 aliphatic rings. The summed E-state index contributed by atoms with van der Waals surface area (Å²) < 4.78 is 10.0. The molecule has 7 heteroatoms. The van der Waals surface area contributed by atoms with Crippen LogP contribution in [-0.2, 0) is 4.74 Å². The van der Waals surface area contributed by atoms with Crippen LogP contribution in [0, 0.1) is 0 Å². The molecule has 0 unspecified atom stereocenters. The second-order valence-corrected chi connectivity index (χ2v) is 6.08. The molecule has 26 heavy (non-hydrogen) atoms. The molecule has 0 saturated carbocycles. The van der Waals surface area contributed by atoms with Gasteiger partial charge in [-0.15, -0.1) is 0 Å². The minimum absolute atomic E-state index is 0.0736. The fourth-order valence-corrected chi connectivity index (χ4v) is 2.61. The normalized spacial score (nSPS) is 11.0. The predicted octanol–water partition coefficient (Wildman–Crippen LogP) is 2.90. The standard InChI is InChI=1S/C19H19N3O4/c1-10(2)16-21-17-12(18(23)22-16)6-7-14(20-17)11-5-8-15(25-3)13(9-11)19(24)26-4/h5-10H,1-4H3,(H,20,21,22,23). The van der Waals surface area contributed by atoms with Gasteiger partial charge in [-0.3, -0.25) is 4.79 Å². The molecule has 2 heterocycles. The van der Waals surface area contributed by atoms with E-state index >= 15 is 0 Å². The minimum Gasteiger partial charge on any atom is -0.496 e. The molecular formula is C19H19N3O4. The van der Waals surface area contributed by atoms with Gasteiger partial charge < -0.3 is 14.5 Å². The van der Waals surface area contributed by atoms with Gasteiger partial charge in [-0.25, -0.2) is 14.8 Å². The largest absolute Gasteiger partial charge is 0.496 e. The van der Waals surface area contributed by atoms with E-state index in [1.807, 2.05) is 13.8 Å². The van der Waals surface area contributed by atoms with Crippen LogP contribution < -0.4 is 10.3 Å². The van der Waals surface area contributed by atoms with Gasteiger partial charge in [0.15, 0.2) is 5.65 Å². The highest BCUT2D eigenvalue weighted by atomic mass is 16.5. The van der Waals surface area contributed by atoms with Crippen molar-refractivity contribution in [3.05, 3.63) is 52.1 Å². The minimum atomic E-state index is -0.499. The van der Waals surface area contributed by atoms with Crippen LogP contribution in [0.5, 0.6) is 5.75 Å². The first-order chi connectivity index (χ1) is 12.4. The highest BCUT2D eigenvalue weighted by molar-refractivity contribution is 5.94. The van der Waals surface area contributed by atoms with Crippen LogP contribution in [0.4, 0.5) is 0 Å². The summed E-state index contributed by atoms with van der Waals surface area (Å²) >= 11 is 0. The lowest BCUT2D eigenvalue weighted by atomic mass is 10.1. The number of fused-ring (bicyclic) bond motifs is 1. The fraction of sp³-hybridized carbons (Fsp3) is 0.263. The molecule has 0 bridgehead atoms. The molecule has 0 aliphatic heterocycles. The highest BCUT2D eigenvalue weighted by Crippen LogP contribution is 2.27. The summed E-state index contributed by atoms with van der Waals surface area (Å²) in [5, 5.41) is 0.417. The molecule has 134 valence electrons. The Labute approximate surface area is 150 Å². The maximum absolute atomic E-state index is 12.2. The molecule has 7 nitrogen and oxygen atoms in total. The summed E-state index contributed by atoms with van der Waals surface area (Å²) in [6, 6.07) is 8.51. The Morgan fingerprint density at radius 3 is 2.54 bits per heavy atom. The van der Waals surface area contributed by atoms with Gasteiger partial charge in [0.25, 0.3) is 5.56 Å². The van der Waals surface area contributed by atoms with E-state index in [1.54, 1.807) is 30.3 Å². The number of carbonyl (C=O) groups excluding carboxylic acids is 1. The van der Waals surface area contributed by atoms with Gasteiger partial charge in [-0.2, -0.15) is 0 Å². The quantitative estimate of drug-likeness (QED) is 0.725. The van der Waals surface area contributed by atoms with Crippen molar-refractivity contribution in [3.63, 3.8) is 0 Å². The summed E-state index contributed by atoms with van der Waals surface area (Å²) in [4.78, 5) is 35.9. The van der Waals surface area contributed by atoms with Crippen molar-refractivity contribution in [2.45, 2.75) is 19.8 Å². The van der Waals surface area contributed by atoms with Crippen molar-refractivity contribution in [2.75, 3.05) is 14.2 Å². The number of methoxy groups -OCH3 is 2. The maximum Gasteiger partial charge on any atom is 0.341 e. The van der Waals surface area contributed by atoms with E-state index in [4.69, 9.17) is 9.47 Å². The van der Waals surface area contributed by atoms with Crippen molar-refractivity contribution in [1.82, 2.24) is 15.0 Å². The molecule has 0 amide bonds. The number of hydrogen-bond acceptors (Lipinski definition) is 6. The van der Waals surface area contributed by atoms with E-state index in [-0.39, 0.29) is 11.5 Å². The van der Waals surface area contributed by atoms with Crippen LogP contribution in [-0.4, -0.2) is 35.1 Å². The molecule has 0 atom stereocenters. The lowest BCUT2D eigenvalue weighted by molar-refractivity contribution is 0.0597. The topological polar surface area (TPSA) is 94.2 Å². The number of rotatable bonds is 4. The van der Waals surface area contributed by atoms with Crippen LogP contribution in [0.25, 0.3) is 22.3 Å². The molecule has 0 radical (unpaired) electrons. The fourth-order valence-electron chi connectivity index (χ4n) is 2.61. The Bertz CT molecular complexity index is 1040. The van der Waals surface area contributed by atoms with Crippen LogP contribution in [0.15, 0.2) is 35.1 Å². The Morgan fingerprint density at radius 1 is 1.12 bits per heavy atom. The third-order valence-corrected chi connectivity index (χ3v) is 4.04. The van der Waals surface area contributed by atoms with E-state index in [0.717, 1.165) is 0 Å². The van der Waals surface area contributed by atoms with Crippen LogP contribution in [0.2, 0.25) is 0 Å². The van der Waals surface area contributed by atoms with Crippen molar-refractivity contribution in [2.24, 2.45) is 0 Å². The molecule has 0 saturated heterocycles. The number of ether oxygens (including phenoxy) is 2. The Morgan fingerprint density at radius 2 is 1.88 bits per heavy atom. The number of benzene rings is 1. The van der Waals surface area contributed by atoms with Crippen molar-refractivity contribution < 1.29 is 14.3 Å². The third kappa shape index (κ3) is 3.15. The second kappa shape index (κ2) is 6.95. The van der Waals surface area contributed by atoms with Gasteiger partial charge in [0, 0.05) is 11.5 Å². The van der Waals surface area contributed by atoms with Gasteiger partial charge in [0.1, 0.15) is 17.1 Å². The number of pyridine rings is 1. The molecule has 0 fully saturated rings. The van der Waals surface area contributed by atoms with Gasteiger partial charge in [0.2, 0.25) is 0 Å². The zero-order chi connectivity index (χ0) is 18.8. The number of aromatic amines is 1. The first-order valence-electron chi connectivity index (χ1n) is 8.12. The summed E-state index contributed by atoms with van der Waals surface area (Å²) in [5.41, 5.74) is 1.74. The molecule has 2 aromatic heterocycles. The van der Waals surface area contributed by atoms with Crippen molar-refractivity contribution >= 4 is 17.0 Å². The lowest BCUT2D eigenvalue weighted by Gasteiger charge is -2.10. The number of esters is 1. The van der Waals surface area contributed by atoms with E-state index in [1.165, 1.54) is 14.2 Å². The average molecular weight is 353 g/mol. The van der Waals surface area contributed by atoms with Crippen molar-refractivity contribution in [1.29, 1.82) is 0 Å². The van der Waals surface area contributed by atoms with Crippen LogP contribution >= 0.6 is 0 Å². The average Bonchev–Trinajstić information content (AvgIpc) is 2.66. The van der Waals surface area contributed by atoms with E-state index in [2.05, 4.69) is 15.0 Å². The summed E-state index contributed by atoms with van der Waals surface area (Å²) in [6.45, 7) is 3.89. The molecule has 0 spiro atoms. The number of carbonyl (C=O) groups is 1. The number of nitrogens with zero attached hydrogens (tertiary/aromatic N) is 2. The zero-order valence-electron chi connectivity index (χ0n) is 15.0. The SMILES string of the molecule is COC(=O)c1cc(-c2ccc3c(=O)[nH]c(C(C)C)nc3n2)ccc1OC. The first kappa shape index (κ1) is 17.6. The molecule has 1 N–H and O–H groups in total.